The monoisotopic (exact) mass is 182 g/mol. The van der Waals surface area contributed by atoms with Crippen LogP contribution in [0.1, 0.15) is 19.3 Å². The minimum atomic E-state index is -0.277. The SMILES string of the molecule is COCC(=O)OC12C=CC(CC1)C2. The van der Waals surface area contributed by atoms with E-state index in [2.05, 4.69) is 6.08 Å². The van der Waals surface area contributed by atoms with Gasteiger partial charge < -0.3 is 9.47 Å². The molecule has 0 radical (unpaired) electrons. The zero-order valence-corrected chi connectivity index (χ0v) is 7.79. The van der Waals surface area contributed by atoms with Gasteiger partial charge in [-0.15, -0.1) is 0 Å². The van der Waals surface area contributed by atoms with Crippen LogP contribution < -0.4 is 0 Å². The Morgan fingerprint density at radius 2 is 2.54 bits per heavy atom. The fraction of sp³-hybridized carbons (Fsp3) is 0.700. The summed E-state index contributed by atoms with van der Waals surface area (Å²) in [6, 6.07) is 0. The summed E-state index contributed by atoms with van der Waals surface area (Å²) >= 11 is 0. The van der Waals surface area contributed by atoms with Gasteiger partial charge in [0.25, 0.3) is 0 Å². The molecular weight excluding hydrogens is 168 g/mol. The third-order valence-electron chi connectivity index (χ3n) is 2.80. The highest BCUT2D eigenvalue weighted by molar-refractivity contribution is 5.71. The normalized spacial score (nSPS) is 35.3. The lowest BCUT2D eigenvalue weighted by Crippen LogP contribution is -2.30. The molecule has 1 fully saturated rings. The van der Waals surface area contributed by atoms with Crippen LogP contribution in [0.5, 0.6) is 0 Å². The van der Waals surface area contributed by atoms with Crippen molar-refractivity contribution in [1.82, 2.24) is 0 Å². The molecular formula is C10H14O3. The van der Waals surface area contributed by atoms with Gasteiger partial charge >= 0.3 is 5.97 Å². The summed E-state index contributed by atoms with van der Waals surface area (Å²) in [5.41, 5.74) is -0.277. The molecule has 2 rings (SSSR count). The van der Waals surface area contributed by atoms with Crippen molar-refractivity contribution in [3.8, 4) is 0 Å². The van der Waals surface area contributed by atoms with Gasteiger partial charge in [-0.2, -0.15) is 0 Å². The van der Waals surface area contributed by atoms with Gasteiger partial charge in [0.1, 0.15) is 12.2 Å². The molecule has 0 saturated heterocycles. The average molecular weight is 182 g/mol. The smallest absolute Gasteiger partial charge is 0.332 e. The van der Waals surface area contributed by atoms with Crippen LogP contribution in [0.15, 0.2) is 12.2 Å². The molecule has 0 heterocycles. The van der Waals surface area contributed by atoms with E-state index in [0.29, 0.717) is 5.92 Å². The summed E-state index contributed by atoms with van der Waals surface area (Å²) < 4.78 is 10.1. The molecule has 1 saturated carbocycles. The molecule has 2 unspecified atom stereocenters. The van der Waals surface area contributed by atoms with Gasteiger partial charge in [-0.25, -0.2) is 4.79 Å². The molecule has 2 aliphatic carbocycles. The van der Waals surface area contributed by atoms with Gasteiger partial charge in [-0.1, -0.05) is 6.08 Å². The lowest BCUT2D eigenvalue weighted by molar-refractivity contribution is -0.158. The summed E-state index contributed by atoms with van der Waals surface area (Å²) in [6.07, 6.45) is 7.29. The second-order valence-corrected chi connectivity index (χ2v) is 3.83. The van der Waals surface area contributed by atoms with Crippen molar-refractivity contribution < 1.29 is 14.3 Å². The van der Waals surface area contributed by atoms with Crippen molar-refractivity contribution in [2.75, 3.05) is 13.7 Å². The van der Waals surface area contributed by atoms with Crippen LogP contribution in [-0.2, 0) is 14.3 Å². The summed E-state index contributed by atoms with van der Waals surface area (Å²) in [7, 11) is 1.50. The number of hydrogen-bond acceptors (Lipinski definition) is 3. The first-order valence-corrected chi connectivity index (χ1v) is 4.64. The van der Waals surface area contributed by atoms with Crippen molar-refractivity contribution in [3.63, 3.8) is 0 Å². The van der Waals surface area contributed by atoms with Crippen molar-refractivity contribution >= 4 is 5.97 Å². The van der Waals surface area contributed by atoms with E-state index in [1.165, 1.54) is 7.11 Å². The third-order valence-corrected chi connectivity index (χ3v) is 2.80. The molecule has 3 nitrogen and oxygen atoms in total. The van der Waals surface area contributed by atoms with E-state index >= 15 is 0 Å². The molecule has 0 aromatic carbocycles. The minimum absolute atomic E-state index is 0.0558. The van der Waals surface area contributed by atoms with E-state index < -0.39 is 0 Å². The molecule has 0 spiro atoms. The Labute approximate surface area is 77.7 Å². The maximum atomic E-state index is 11.2. The van der Waals surface area contributed by atoms with Gasteiger partial charge in [0.05, 0.1) is 0 Å². The van der Waals surface area contributed by atoms with Crippen LogP contribution in [0, 0.1) is 5.92 Å². The molecule has 0 aromatic heterocycles. The maximum absolute atomic E-state index is 11.2. The number of carbonyl (C=O) groups is 1. The Kier molecular flexibility index (Phi) is 2.12. The van der Waals surface area contributed by atoms with E-state index in [4.69, 9.17) is 9.47 Å². The highest BCUT2D eigenvalue weighted by atomic mass is 16.6. The molecule has 3 heteroatoms. The predicted molar refractivity (Wildman–Crippen MR) is 47.2 cm³/mol. The van der Waals surface area contributed by atoms with Gasteiger partial charge in [-0.05, 0) is 31.3 Å². The first-order valence-electron chi connectivity index (χ1n) is 4.64. The topological polar surface area (TPSA) is 35.5 Å². The van der Waals surface area contributed by atoms with Crippen LogP contribution >= 0.6 is 0 Å². The Bertz CT molecular complexity index is 247. The highest BCUT2D eigenvalue weighted by Gasteiger charge is 2.43. The highest BCUT2D eigenvalue weighted by Crippen LogP contribution is 2.44. The molecule has 72 valence electrons. The predicted octanol–water partition coefficient (Wildman–Crippen LogP) is 1.28. The van der Waals surface area contributed by atoms with E-state index in [-0.39, 0.29) is 18.2 Å². The summed E-state index contributed by atoms with van der Waals surface area (Å²) in [6.45, 7) is 0.0558. The fourth-order valence-electron chi connectivity index (χ4n) is 2.21. The second-order valence-electron chi connectivity index (χ2n) is 3.83. The van der Waals surface area contributed by atoms with Crippen LogP contribution in [0.25, 0.3) is 0 Å². The van der Waals surface area contributed by atoms with E-state index in [0.717, 1.165) is 19.3 Å². The number of esters is 1. The number of hydrogen-bond donors (Lipinski definition) is 0. The lowest BCUT2D eigenvalue weighted by atomic mass is 10.0. The van der Waals surface area contributed by atoms with Crippen LogP contribution in [-0.4, -0.2) is 25.3 Å². The molecule has 0 amide bonds. The molecule has 0 aromatic rings. The van der Waals surface area contributed by atoms with E-state index in [1.54, 1.807) is 0 Å². The fourth-order valence-corrected chi connectivity index (χ4v) is 2.21. The second kappa shape index (κ2) is 3.14. The molecule has 13 heavy (non-hydrogen) atoms. The van der Waals surface area contributed by atoms with Gasteiger partial charge in [0.2, 0.25) is 0 Å². The quantitative estimate of drug-likeness (QED) is 0.487. The lowest BCUT2D eigenvalue weighted by Gasteiger charge is -2.23. The number of rotatable bonds is 3. The minimum Gasteiger partial charge on any atom is -0.453 e. The van der Waals surface area contributed by atoms with Crippen LogP contribution in [0.2, 0.25) is 0 Å². The summed E-state index contributed by atoms with van der Waals surface area (Å²) in [5.74, 6) is 0.380. The Hall–Kier alpha value is -0.830. The first-order chi connectivity index (χ1) is 6.24. The Balaban J connectivity index is 1.94. The zero-order valence-electron chi connectivity index (χ0n) is 7.79. The number of methoxy groups -OCH3 is 1. The number of carbonyl (C=O) groups excluding carboxylic acids is 1. The molecule has 2 aliphatic rings. The van der Waals surface area contributed by atoms with Crippen LogP contribution in [0.4, 0.5) is 0 Å². The molecule has 2 atom stereocenters. The van der Waals surface area contributed by atoms with Gasteiger partial charge in [0, 0.05) is 7.11 Å². The van der Waals surface area contributed by atoms with E-state index in [9.17, 15) is 4.79 Å². The standard InChI is InChI=1S/C10H14O3/c1-12-7-9(11)13-10-4-2-8(6-10)3-5-10/h2,4,8H,3,5-7H2,1H3. The third kappa shape index (κ3) is 1.61. The molecule has 0 aliphatic heterocycles. The van der Waals surface area contributed by atoms with Crippen molar-refractivity contribution in [2.24, 2.45) is 5.92 Å². The number of allylic oxidation sites excluding steroid dienone is 1. The molecule has 2 bridgehead atoms. The van der Waals surface area contributed by atoms with Crippen molar-refractivity contribution in [3.05, 3.63) is 12.2 Å². The molecule has 0 N–H and O–H groups in total. The van der Waals surface area contributed by atoms with Crippen molar-refractivity contribution in [1.29, 1.82) is 0 Å². The largest absolute Gasteiger partial charge is 0.453 e. The number of fused-ring (bicyclic) bond motifs is 2. The summed E-state index contributed by atoms with van der Waals surface area (Å²) in [5, 5.41) is 0. The average Bonchev–Trinajstić information content (AvgIpc) is 2.63. The number of ether oxygens (including phenoxy) is 2. The van der Waals surface area contributed by atoms with Gasteiger partial charge in [-0.3, -0.25) is 0 Å². The maximum Gasteiger partial charge on any atom is 0.332 e. The van der Waals surface area contributed by atoms with Crippen molar-refractivity contribution in [2.45, 2.75) is 24.9 Å². The zero-order chi connectivity index (χ0) is 9.31. The Morgan fingerprint density at radius 3 is 3.00 bits per heavy atom. The Morgan fingerprint density at radius 1 is 1.69 bits per heavy atom. The van der Waals surface area contributed by atoms with Crippen LogP contribution in [0.3, 0.4) is 0 Å². The van der Waals surface area contributed by atoms with E-state index in [1.807, 2.05) is 6.08 Å². The first kappa shape index (κ1) is 8.75. The summed E-state index contributed by atoms with van der Waals surface area (Å²) in [4.78, 5) is 11.2. The van der Waals surface area contributed by atoms with Gasteiger partial charge in [0.15, 0.2) is 0 Å².